The average molecular weight is 360 g/mol. The molecule has 0 radical (unpaired) electrons. The van der Waals surface area contributed by atoms with Crippen LogP contribution in [-0.4, -0.2) is 16.5 Å². The molecule has 1 heterocycles. The van der Waals surface area contributed by atoms with Crippen LogP contribution in [0.5, 0.6) is 0 Å². The van der Waals surface area contributed by atoms with Crippen molar-refractivity contribution in [1.82, 2.24) is 0 Å². The monoisotopic (exact) mass is 359 g/mol. The van der Waals surface area contributed by atoms with Crippen molar-refractivity contribution in [3.05, 3.63) is 62.1 Å². The number of hydrogen-bond donors (Lipinski definition) is 1. The van der Waals surface area contributed by atoms with E-state index in [-0.39, 0.29) is 11.6 Å². The molecule has 1 N–H and O–H groups in total. The molecule has 0 bridgehead atoms. The lowest BCUT2D eigenvalue weighted by atomic mass is 10.1. The number of nitrogens with one attached hydrogen (secondary N) is 1. The molecule has 0 aromatic heterocycles. The maximum atomic E-state index is 12.1. The Balaban J connectivity index is 2.07. The molecule has 0 atom stereocenters. The van der Waals surface area contributed by atoms with Crippen LogP contribution < -0.4 is 5.32 Å². The van der Waals surface area contributed by atoms with E-state index in [1.807, 2.05) is 19.1 Å². The molecule has 22 heavy (non-hydrogen) atoms. The van der Waals surface area contributed by atoms with Gasteiger partial charge in [0.05, 0.1) is 16.3 Å². The average Bonchev–Trinajstić information content (AvgIpc) is 2.80. The maximum Gasteiger partial charge on any atom is 0.275 e. The summed E-state index contributed by atoms with van der Waals surface area (Å²) in [6, 6.07) is 9.47. The van der Waals surface area contributed by atoms with E-state index in [0.29, 0.717) is 22.6 Å². The SMILES string of the molecule is Cc1ccc2c(c1Br)C(=Nc1ccc([N+](=O)[O-])cc1)C(=O)N2. The Morgan fingerprint density at radius 3 is 2.50 bits per heavy atom. The summed E-state index contributed by atoms with van der Waals surface area (Å²) in [6.07, 6.45) is 0. The van der Waals surface area contributed by atoms with Crippen molar-refractivity contribution in [2.75, 3.05) is 5.32 Å². The second kappa shape index (κ2) is 5.34. The van der Waals surface area contributed by atoms with Gasteiger partial charge in [0, 0.05) is 22.2 Å². The summed E-state index contributed by atoms with van der Waals surface area (Å²) in [7, 11) is 0. The fourth-order valence-electron chi connectivity index (χ4n) is 2.20. The summed E-state index contributed by atoms with van der Waals surface area (Å²) >= 11 is 3.48. The van der Waals surface area contributed by atoms with Crippen LogP contribution in [0.3, 0.4) is 0 Å². The van der Waals surface area contributed by atoms with Gasteiger partial charge in [-0.05, 0) is 46.6 Å². The number of carbonyl (C=O) groups excluding carboxylic acids is 1. The summed E-state index contributed by atoms with van der Waals surface area (Å²) in [6.45, 7) is 1.93. The largest absolute Gasteiger partial charge is 0.320 e. The van der Waals surface area contributed by atoms with Gasteiger partial charge in [-0.1, -0.05) is 6.07 Å². The molecule has 110 valence electrons. The molecule has 1 aliphatic rings. The van der Waals surface area contributed by atoms with Crippen molar-refractivity contribution < 1.29 is 9.72 Å². The number of carbonyl (C=O) groups is 1. The van der Waals surface area contributed by atoms with Crippen LogP contribution in [0.1, 0.15) is 11.1 Å². The van der Waals surface area contributed by atoms with E-state index in [1.54, 1.807) is 0 Å². The van der Waals surface area contributed by atoms with Gasteiger partial charge in [-0.15, -0.1) is 0 Å². The Morgan fingerprint density at radius 1 is 1.18 bits per heavy atom. The fourth-order valence-corrected chi connectivity index (χ4v) is 2.73. The first kappa shape index (κ1) is 14.4. The number of aliphatic imine (C=N–C) groups is 1. The molecule has 0 saturated heterocycles. The molecule has 1 aliphatic heterocycles. The molecule has 6 nitrogen and oxygen atoms in total. The van der Waals surface area contributed by atoms with E-state index in [9.17, 15) is 14.9 Å². The highest BCUT2D eigenvalue weighted by molar-refractivity contribution is 9.10. The van der Waals surface area contributed by atoms with E-state index in [2.05, 4.69) is 26.2 Å². The van der Waals surface area contributed by atoms with Crippen molar-refractivity contribution in [1.29, 1.82) is 0 Å². The first-order valence-electron chi connectivity index (χ1n) is 6.41. The van der Waals surface area contributed by atoms with Gasteiger partial charge in [-0.3, -0.25) is 14.9 Å². The van der Waals surface area contributed by atoms with Crippen LogP contribution in [0.2, 0.25) is 0 Å². The Labute approximate surface area is 134 Å². The Bertz CT molecular complexity index is 829. The number of hydrogen-bond acceptors (Lipinski definition) is 4. The Hall–Kier alpha value is -2.54. The van der Waals surface area contributed by atoms with Gasteiger partial charge in [0.25, 0.3) is 11.6 Å². The van der Waals surface area contributed by atoms with Crippen LogP contribution in [-0.2, 0) is 4.79 Å². The molecule has 0 saturated carbocycles. The zero-order valence-electron chi connectivity index (χ0n) is 11.5. The summed E-state index contributed by atoms with van der Waals surface area (Å²) in [5.41, 5.74) is 3.16. The van der Waals surface area contributed by atoms with E-state index < -0.39 is 4.92 Å². The van der Waals surface area contributed by atoms with E-state index in [1.165, 1.54) is 24.3 Å². The van der Waals surface area contributed by atoms with Crippen molar-refractivity contribution in [2.45, 2.75) is 6.92 Å². The number of non-ortho nitro benzene ring substituents is 1. The first-order valence-corrected chi connectivity index (χ1v) is 7.20. The number of aryl methyl sites for hydroxylation is 1. The van der Waals surface area contributed by atoms with Crippen LogP contribution in [0, 0.1) is 17.0 Å². The number of benzene rings is 2. The van der Waals surface area contributed by atoms with Crippen molar-refractivity contribution >= 4 is 44.6 Å². The van der Waals surface area contributed by atoms with Crippen LogP contribution >= 0.6 is 15.9 Å². The normalized spacial score (nSPS) is 14.8. The highest BCUT2D eigenvalue weighted by Gasteiger charge is 2.28. The predicted molar refractivity (Wildman–Crippen MR) is 86.8 cm³/mol. The van der Waals surface area contributed by atoms with Gasteiger partial charge >= 0.3 is 0 Å². The number of halogens is 1. The third-order valence-electron chi connectivity index (χ3n) is 3.34. The molecule has 0 aliphatic carbocycles. The molecule has 2 aromatic carbocycles. The highest BCUT2D eigenvalue weighted by Crippen LogP contribution is 2.34. The molecule has 3 rings (SSSR count). The Kier molecular flexibility index (Phi) is 3.50. The van der Waals surface area contributed by atoms with Gasteiger partial charge in [0.2, 0.25) is 0 Å². The molecule has 0 spiro atoms. The molecule has 2 aromatic rings. The third-order valence-corrected chi connectivity index (χ3v) is 4.36. The van der Waals surface area contributed by atoms with E-state index in [4.69, 9.17) is 0 Å². The summed E-state index contributed by atoms with van der Waals surface area (Å²) < 4.78 is 0.809. The molecule has 1 amide bonds. The lowest BCUT2D eigenvalue weighted by Gasteiger charge is -2.04. The number of rotatable bonds is 2. The first-order chi connectivity index (χ1) is 10.5. The van der Waals surface area contributed by atoms with Gasteiger partial charge in [0.1, 0.15) is 5.71 Å². The van der Waals surface area contributed by atoms with Crippen LogP contribution in [0.15, 0.2) is 45.9 Å². The maximum absolute atomic E-state index is 12.1. The Morgan fingerprint density at radius 2 is 1.86 bits per heavy atom. The summed E-state index contributed by atoms with van der Waals surface area (Å²) in [5.74, 6) is -0.292. The van der Waals surface area contributed by atoms with Crippen LogP contribution in [0.25, 0.3) is 0 Å². The van der Waals surface area contributed by atoms with Gasteiger partial charge in [0.15, 0.2) is 0 Å². The van der Waals surface area contributed by atoms with Crippen molar-refractivity contribution in [2.24, 2.45) is 4.99 Å². The lowest BCUT2D eigenvalue weighted by Crippen LogP contribution is -2.14. The number of nitro groups is 1. The number of amides is 1. The quantitative estimate of drug-likeness (QED) is 0.654. The third kappa shape index (κ3) is 2.39. The van der Waals surface area contributed by atoms with E-state index >= 15 is 0 Å². The second-order valence-corrected chi connectivity index (χ2v) is 5.60. The molecular weight excluding hydrogens is 350 g/mol. The number of fused-ring (bicyclic) bond motifs is 1. The number of nitro benzene ring substituents is 1. The predicted octanol–water partition coefficient (Wildman–Crippen LogP) is 3.74. The molecular formula is C15H10BrN3O3. The zero-order valence-corrected chi connectivity index (χ0v) is 13.0. The van der Waals surface area contributed by atoms with Gasteiger partial charge in [-0.2, -0.15) is 0 Å². The molecule has 0 fully saturated rings. The topological polar surface area (TPSA) is 84.6 Å². The van der Waals surface area contributed by atoms with Crippen LogP contribution in [0.4, 0.5) is 17.1 Å². The van der Waals surface area contributed by atoms with Crippen molar-refractivity contribution in [3.63, 3.8) is 0 Å². The lowest BCUT2D eigenvalue weighted by molar-refractivity contribution is -0.384. The standard InChI is InChI=1S/C15H10BrN3O3/c1-8-2-7-11-12(13(8)16)14(15(20)18-11)17-9-3-5-10(6-4-9)19(21)22/h2-7H,1H3,(H,17,18,20). The van der Waals surface area contributed by atoms with Gasteiger partial charge in [-0.25, -0.2) is 4.99 Å². The highest BCUT2D eigenvalue weighted by atomic mass is 79.9. The summed E-state index contributed by atoms with van der Waals surface area (Å²) in [4.78, 5) is 26.6. The smallest absolute Gasteiger partial charge is 0.275 e. The van der Waals surface area contributed by atoms with Crippen molar-refractivity contribution in [3.8, 4) is 0 Å². The second-order valence-electron chi connectivity index (χ2n) is 4.81. The van der Waals surface area contributed by atoms with E-state index in [0.717, 1.165) is 10.0 Å². The number of nitrogens with zero attached hydrogens (tertiary/aromatic N) is 2. The number of anilines is 1. The molecule has 0 unspecified atom stereocenters. The minimum atomic E-state index is -0.478. The minimum absolute atomic E-state index is 0.0164. The molecule has 7 heteroatoms. The van der Waals surface area contributed by atoms with Gasteiger partial charge < -0.3 is 5.32 Å². The minimum Gasteiger partial charge on any atom is -0.320 e. The zero-order chi connectivity index (χ0) is 15.9. The summed E-state index contributed by atoms with van der Waals surface area (Å²) in [5, 5.41) is 13.4. The fraction of sp³-hybridized carbons (Fsp3) is 0.0667.